The zero-order valence-corrected chi connectivity index (χ0v) is 12.5. The minimum atomic E-state index is 0.377. The summed E-state index contributed by atoms with van der Waals surface area (Å²) in [6.45, 7) is 4.41. The lowest BCUT2D eigenvalue weighted by Crippen LogP contribution is -2.43. The number of benzene rings is 1. The van der Waals surface area contributed by atoms with Gasteiger partial charge in [-0.3, -0.25) is 0 Å². The van der Waals surface area contributed by atoms with E-state index in [0.29, 0.717) is 17.5 Å². The van der Waals surface area contributed by atoms with E-state index in [0.717, 1.165) is 36.2 Å². The van der Waals surface area contributed by atoms with Gasteiger partial charge in [-0.15, -0.1) is 0 Å². The first kappa shape index (κ1) is 13.8. The monoisotopic (exact) mass is 280 g/mol. The summed E-state index contributed by atoms with van der Waals surface area (Å²) >= 11 is 0. The zero-order valence-electron chi connectivity index (χ0n) is 12.5. The molecule has 108 valence electrons. The first-order chi connectivity index (χ1) is 10.2. The molecule has 1 saturated heterocycles. The molecule has 4 nitrogen and oxygen atoms in total. The van der Waals surface area contributed by atoms with Gasteiger partial charge in [0.1, 0.15) is 11.9 Å². The second-order valence-electron chi connectivity index (χ2n) is 5.97. The molecule has 0 bridgehead atoms. The highest BCUT2D eigenvalue weighted by Gasteiger charge is 2.25. The average molecular weight is 280 g/mol. The van der Waals surface area contributed by atoms with Crippen LogP contribution in [0.3, 0.4) is 0 Å². The standard InChI is InChI=1S/C17H20N4/c1-12-11-21(2)8-7-15(12)19-17-14(10-18)9-13-5-3-4-6-16(13)20-17/h3-6,9,12,15H,7-8,11H2,1-2H3,(H,19,20). The summed E-state index contributed by atoms with van der Waals surface area (Å²) in [5.74, 6) is 1.26. The lowest BCUT2D eigenvalue weighted by atomic mass is 9.94. The van der Waals surface area contributed by atoms with Crippen LogP contribution in [0.2, 0.25) is 0 Å². The van der Waals surface area contributed by atoms with Crippen molar-refractivity contribution in [1.82, 2.24) is 9.88 Å². The van der Waals surface area contributed by atoms with E-state index in [9.17, 15) is 5.26 Å². The fourth-order valence-corrected chi connectivity index (χ4v) is 3.06. The SMILES string of the molecule is CC1CN(C)CCC1Nc1nc2ccccc2cc1C#N. The van der Waals surface area contributed by atoms with E-state index in [1.807, 2.05) is 30.3 Å². The van der Waals surface area contributed by atoms with Crippen LogP contribution in [0.4, 0.5) is 5.82 Å². The number of pyridine rings is 1. The van der Waals surface area contributed by atoms with Gasteiger partial charge >= 0.3 is 0 Å². The minimum Gasteiger partial charge on any atom is -0.366 e. The first-order valence-corrected chi connectivity index (χ1v) is 7.42. The van der Waals surface area contributed by atoms with Crippen molar-refractivity contribution >= 4 is 16.7 Å². The van der Waals surface area contributed by atoms with Gasteiger partial charge in [0.25, 0.3) is 0 Å². The summed E-state index contributed by atoms with van der Waals surface area (Å²) in [7, 11) is 2.15. The highest BCUT2D eigenvalue weighted by molar-refractivity contribution is 5.82. The normalized spacial score (nSPS) is 22.9. The van der Waals surface area contributed by atoms with E-state index < -0.39 is 0 Å². The van der Waals surface area contributed by atoms with Gasteiger partial charge in [0.15, 0.2) is 0 Å². The second-order valence-corrected chi connectivity index (χ2v) is 5.97. The Morgan fingerprint density at radius 1 is 1.38 bits per heavy atom. The maximum absolute atomic E-state index is 9.38. The highest BCUT2D eigenvalue weighted by Crippen LogP contribution is 2.24. The van der Waals surface area contributed by atoms with Crippen LogP contribution in [0.15, 0.2) is 30.3 Å². The number of anilines is 1. The molecule has 0 aliphatic carbocycles. The number of nitriles is 1. The molecule has 0 spiro atoms. The van der Waals surface area contributed by atoms with E-state index in [2.05, 4.69) is 35.2 Å². The lowest BCUT2D eigenvalue weighted by molar-refractivity contribution is 0.206. The molecule has 2 unspecified atom stereocenters. The van der Waals surface area contributed by atoms with Gasteiger partial charge in [0, 0.05) is 18.0 Å². The van der Waals surface area contributed by atoms with Crippen LogP contribution >= 0.6 is 0 Å². The van der Waals surface area contributed by atoms with Crippen LogP contribution in [0.25, 0.3) is 10.9 Å². The van der Waals surface area contributed by atoms with Crippen molar-refractivity contribution in [3.63, 3.8) is 0 Å². The number of piperidine rings is 1. The molecule has 2 atom stereocenters. The van der Waals surface area contributed by atoms with Crippen LogP contribution in [0.5, 0.6) is 0 Å². The van der Waals surface area contributed by atoms with Crippen molar-refractivity contribution in [3.05, 3.63) is 35.9 Å². The summed E-state index contributed by atoms with van der Waals surface area (Å²) in [6.07, 6.45) is 1.08. The van der Waals surface area contributed by atoms with Crippen LogP contribution < -0.4 is 5.32 Å². The zero-order chi connectivity index (χ0) is 14.8. The quantitative estimate of drug-likeness (QED) is 0.919. The fraction of sp³-hybridized carbons (Fsp3) is 0.412. The Hall–Kier alpha value is -2.12. The molecule has 0 radical (unpaired) electrons. The van der Waals surface area contributed by atoms with Crippen LogP contribution in [0, 0.1) is 17.2 Å². The Bertz CT molecular complexity index is 689. The van der Waals surface area contributed by atoms with Gasteiger partial charge in [-0.05, 0) is 38.1 Å². The number of likely N-dealkylation sites (tertiary alicyclic amines) is 1. The Balaban J connectivity index is 1.91. The molecule has 2 heterocycles. The molecule has 1 fully saturated rings. The van der Waals surface area contributed by atoms with Crippen molar-refractivity contribution in [2.45, 2.75) is 19.4 Å². The molecule has 1 aliphatic heterocycles. The average Bonchev–Trinajstić information content (AvgIpc) is 2.49. The molecular weight excluding hydrogens is 260 g/mol. The number of fused-ring (bicyclic) bond motifs is 1. The van der Waals surface area contributed by atoms with Gasteiger partial charge < -0.3 is 10.2 Å². The Morgan fingerprint density at radius 3 is 2.95 bits per heavy atom. The van der Waals surface area contributed by atoms with Gasteiger partial charge in [0.2, 0.25) is 0 Å². The molecule has 3 rings (SSSR count). The highest BCUT2D eigenvalue weighted by atomic mass is 15.1. The van der Waals surface area contributed by atoms with Crippen LogP contribution in [-0.2, 0) is 0 Å². The smallest absolute Gasteiger partial charge is 0.144 e. The van der Waals surface area contributed by atoms with Crippen molar-refractivity contribution in [2.24, 2.45) is 5.92 Å². The van der Waals surface area contributed by atoms with Crippen molar-refractivity contribution in [1.29, 1.82) is 5.26 Å². The van der Waals surface area contributed by atoms with E-state index >= 15 is 0 Å². The summed E-state index contributed by atoms with van der Waals surface area (Å²) in [6, 6.07) is 12.5. The first-order valence-electron chi connectivity index (χ1n) is 7.42. The van der Waals surface area contributed by atoms with Crippen molar-refractivity contribution < 1.29 is 0 Å². The molecule has 0 saturated carbocycles. The summed E-state index contributed by atoms with van der Waals surface area (Å²) in [4.78, 5) is 7.00. The third-order valence-electron chi connectivity index (χ3n) is 4.27. The number of hydrogen-bond acceptors (Lipinski definition) is 4. The molecule has 1 aliphatic rings. The number of nitrogens with zero attached hydrogens (tertiary/aromatic N) is 3. The van der Waals surface area contributed by atoms with Gasteiger partial charge in [-0.2, -0.15) is 5.26 Å². The van der Waals surface area contributed by atoms with E-state index in [-0.39, 0.29) is 0 Å². The predicted octanol–water partition coefficient (Wildman–Crippen LogP) is 2.86. The number of para-hydroxylation sites is 1. The van der Waals surface area contributed by atoms with Crippen LogP contribution in [0.1, 0.15) is 18.9 Å². The Labute approximate surface area is 125 Å². The minimum absolute atomic E-state index is 0.377. The summed E-state index contributed by atoms with van der Waals surface area (Å²) < 4.78 is 0. The number of aromatic nitrogens is 1. The van der Waals surface area contributed by atoms with Gasteiger partial charge in [-0.25, -0.2) is 4.98 Å². The fourth-order valence-electron chi connectivity index (χ4n) is 3.06. The predicted molar refractivity (Wildman–Crippen MR) is 85.1 cm³/mol. The summed E-state index contributed by atoms with van der Waals surface area (Å²) in [5, 5.41) is 13.9. The number of rotatable bonds is 2. The van der Waals surface area contributed by atoms with Crippen molar-refractivity contribution in [2.75, 3.05) is 25.5 Å². The van der Waals surface area contributed by atoms with E-state index in [1.165, 1.54) is 0 Å². The number of nitrogens with one attached hydrogen (secondary N) is 1. The number of hydrogen-bond donors (Lipinski definition) is 1. The van der Waals surface area contributed by atoms with Crippen LogP contribution in [-0.4, -0.2) is 36.1 Å². The molecular formula is C17H20N4. The molecule has 1 N–H and O–H groups in total. The van der Waals surface area contributed by atoms with E-state index in [4.69, 9.17) is 0 Å². The third-order valence-corrected chi connectivity index (χ3v) is 4.27. The summed E-state index contributed by atoms with van der Waals surface area (Å²) in [5.41, 5.74) is 1.56. The molecule has 2 aromatic rings. The van der Waals surface area contributed by atoms with E-state index in [1.54, 1.807) is 0 Å². The van der Waals surface area contributed by atoms with Crippen molar-refractivity contribution in [3.8, 4) is 6.07 Å². The Kier molecular flexibility index (Phi) is 3.76. The van der Waals surface area contributed by atoms with Gasteiger partial charge in [0.05, 0.1) is 11.1 Å². The molecule has 0 amide bonds. The van der Waals surface area contributed by atoms with Gasteiger partial charge in [-0.1, -0.05) is 25.1 Å². The topological polar surface area (TPSA) is 52.0 Å². The molecule has 21 heavy (non-hydrogen) atoms. The molecule has 4 heteroatoms. The maximum atomic E-state index is 9.38. The second kappa shape index (κ2) is 5.71. The lowest BCUT2D eigenvalue weighted by Gasteiger charge is -2.35. The maximum Gasteiger partial charge on any atom is 0.144 e. The molecule has 1 aromatic heterocycles. The Morgan fingerprint density at radius 2 is 2.19 bits per heavy atom. The third kappa shape index (κ3) is 2.84. The molecule has 1 aromatic carbocycles. The largest absolute Gasteiger partial charge is 0.366 e.